The number of thioether (sulfide) groups is 1. The Labute approximate surface area is 191 Å². The van der Waals surface area contributed by atoms with Crippen LogP contribution in [0.4, 0.5) is 0 Å². The van der Waals surface area contributed by atoms with Gasteiger partial charge in [0.1, 0.15) is 5.76 Å². The lowest BCUT2D eigenvalue weighted by Gasteiger charge is -2.21. The monoisotopic (exact) mass is 450 g/mol. The van der Waals surface area contributed by atoms with Gasteiger partial charge in [-0.15, -0.1) is 0 Å². The molecule has 1 aromatic carbocycles. The molecule has 32 heavy (non-hydrogen) atoms. The Balaban J connectivity index is 1.22. The summed E-state index contributed by atoms with van der Waals surface area (Å²) in [4.78, 5) is 31.6. The molecule has 2 amide bonds. The number of imidazole rings is 1. The molecule has 2 aromatic heterocycles. The number of furan rings is 1. The van der Waals surface area contributed by atoms with Crippen LogP contribution in [0, 0.1) is 0 Å². The van der Waals surface area contributed by atoms with Crippen LogP contribution in [0.2, 0.25) is 0 Å². The molecule has 0 saturated heterocycles. The van der Waals surface area contributed by atoms with Crippen molar-refractivity contribution >= 4 is 23.6 Å². The molecule has 0 unspecified atom stereocenters. The van der Waals surface area contributed by atoms with Crippen LogP contribution in [-0.2, 0) is 19.3 Å². The van der Waals surface area contributed by atoms with Crippen LogP contribution >= 0.6 is 11.8 Å². The fourth-order valence-corrected chi connectivity index (χ4v) is 4.37. The predicted octanol–water partition coefficient (Wildman–Crippen LogP) is 4.00. The van der Waals surface area contributed by atoms with E-state index < -0.39 is 0 Å². The van der Waals surface area contributed by atoms with E-state index in [9.17, 15) is 9.59 Å². The van der Waals surface area contributed by atoms with E-state index in [4.69, 9.17) is 4.42 Å². The first kappa shape index (κ1) is 20.9. The molecule has 1 N–H and O–H groups in total. The van der Waals surface area contributed by atoms with Gasteiger partial charge in [0.05, 0.1) is 5.75 Å². The highest BCUT2D eigenvalue weighted by Gasteiger charge is 2.34. The molecule has 2 fully saturated rings. The van der Waals surface area contributed by atoms with Gasteiger partial charge < -0.3 is 19.2 Å². The second kappa shape index (κ2) is 8.86. The number of aryl methyl sites for hydroxylation is 1. The Hall–Kier alpha value is -3.00. The minimum absolute atomic E-state index is 0.0271. The third kappa shape index (κ3) is 4.91. The van der Waals surface area contributed by atoms with Gasteiger partial charge in [0.2, 0.25) is 0 Å². The van der Waals surface area contributed by atoms with Crippen LogP contribution < -0.4 is 5.32 Å². The first-order valence-corrected chi connectivity index (χ1v) is 11.9. The second-order valence-electron chi connectivity index (χ2n) is 8.48. The van der Waals surface area contributed by atoms with Gasteiger partial charge in [-0.1, -0.05) is 23.9 Å². The third-order valence-electron chi connectivity index (χ3n) is 5.72. The van der Waals surface area contributed by atoms with Crippen LogP contribution in [0.25, 0.3) is 0 Å². The standard InChI is InChI=1S/C24H26N4O3S/c1-27-13-12-25-24(27)32-15-20-10-11-21(31-20)23(30)28(19-8-9-19)14-16-2-4-17(5-3-16)22(29)26-18-6-7-18/h2-5,10-13,18-19H,6-9,14-15H2,1H3,(H,26,29). The zero-order chi connectivity index (χ0) is 22.1. The average Bonchev–Trinajstić information content (AvgIpc) is 3.72. The number of amides is 2. The highest BCUT2D eigenvalue weighted by molar-refractivity contribution is 7.98. The van der Waals surface area contributed by atoms with Crippen LogP contribution in [0.15, 0.2) is 58.4 Å². The highest BCUT2D eigenvalue weighted by Crippen LogP contribution is 2.31. The summed E-state index contributed by atoms with van der Waals surface area (Å²) in [7, 11) is 1.95. The minimum Gasteiger partial charge on any atom is -0.455 e. The first-order valence-electron chi connectivity index (χ1n) is 11.0. The van der Waals surface area contributed by atoms with E-state index in [0.29, 0.717) is 29.7 Å². The van der Waals surface area contributed by atoms with Crippen molar-refractivity contribution in [2.45, 2.75) is 55.2 Å². The molecule has 7 nitrogen and oxygen atoms in total. The molecule has 0 atom stereocenters. The summed E-state index contributed by atoms with van der Waals surface area (Å²) >= 11 is 1.57. The number of hydrogen-bond acceptors (Lipinski definition) is 5. The van der Waals surface area contributed by atoms with Crippen LogP contribution in [0.3, 0.4) is 0 Å². The van der Waals surface area contributed by atoms with Gasteiger partial charge >= 0.3 is 0 Å². The van der Waals surface area contributed by atoms with E-state index >= 15 is 0 Å². The zero-order valence-corrected chi connectivity index (χ0v) is 18.8. The van der Waals surface area contributed by atoms with E-state index in [1.54, 1.807) is 24.0 Å². The first-order chi connectivity index (χ1) is 15.6. The second-order valence-corrected chi connectivity index (χ2v) is 9.43. The molecule has 0 radical (unpaired) electrons. The largest absolute Gasteiger partial charge is 0.455 e. The van der Waals surface area contributed by atoms with Gasteiger partial charge in [0, 0.05) is 43.6 Å². The van der Waals surface area contributed by atoms with E-state index in [2.05, 4.69) is 10.3 Å². The van der Waals surface area contributed by atoms with Crippen LogP contribution in [0.5, 0.6) is 0 Å². The number of benzene rings is 1. The smallest absolute Gasteiger partial charge is 0.290 e. The van der Waals surface area contributed by atoms with Gasteiger partial charge in [-0.25, -0.2) is 4.98 Å². The molecular weight excluding hydrogens is 424 g/mol. The molecule has 0 bridgehead atoms. The van der Waals surface area contributed by atoms with Gasteiger partial charge in [0.25, 0.3) is 11.8 Å². The van der Waals surface area contributed by atoms with E-state index in [0.717, 1.165) is 42.2 Å². The van der Waals surface area contributed by atoms with Crippen molar-refractivity contribution < 1.29 is 14.0 Å². The van der Waals surface area contributed by atoms with Gasteiger partial charge in [0.15, 0.2) is 10.9 Å². The summed E-state index contributed by atoms with van der Waals surface area (Å²) in [6, 6.07) is 11.7. The molecular formula is C24H26N4O3S. The summed E-state index contributed by atoms with van der Waals surface area (Å²) in [6.07, 6.45) is 7.82. The third-order valence-corrected chi connectivity index (χ3v) is 6.80. The van der Waals surface area contributed by atoms with Crippen molar-refractivity contribution in [3.63, 3.8) is 0 Å². The molecule has 2 aliphatic carbocycles. The van der Waals surface area contributed by atoms with Crippen molar-refractivity contribution in [2.24, 2.45) is 7.05 Å². The minimum atomic E-state index is -0.0868. The number of aromatic nitrogens is 2. The van der Waals surface area contributed by atoms with Crippen molar-refractivity contribution in [3.8, 4) is 0 Å². The Kier molecular flexibility index (Phi) is 5.78. The van der Waals surface area contributed by atoms with E-state index in [-0.39, 0.29) is 17.9 Å². The molecule has 2 aliphatic rings. The van der Waals surface area contributed by atoms with Crippen molar-refractivity contribution in [1.82, 2.24) is 19.8 Å². The number of carbonyl (C=O) groups is 2. The number of hydrogen-bond donors (Lipinski definition) is 1. The van der Waals surface area contributed by atoms with Gasteiger partial charge in [-0.3, -0.25) is 9.59 Å². The lowest BCUT2D eigenvalue weighted by atomic mass is 10.1. The van der Waals surface area contributed by atoms with E-state index in [1.807, 2.05) is 53.0 Å². The Bertz CT molecular complexity index is 1110. The quantitative estimate of drug-likeness (QED) is 0.499. The normalized spacial score (nSPS) is 15.5. The number of nitrogens with one attached hydrogen (secondary N) is 1. The molecule has 3 aromatic rings. The summed E-state index contributed by atoms with van der Waals surface area (Å²) in [5.74, 6) is 1.62. The molecule has 0 aliphatic heterocycles. The Morgan fingerprint density at radius 2 is 1.94 bits per heavy atom. The maximum atomic E-state index is 13.2. The number of nitrogens with zero attached hydrogens (tertiary/aromatic N) is 3. The van der Waals surface area contributed by atoms with Crippen LogP contribution in [0.1, 0.15) is 57.9 Å². The van der Waals surface area contributed by atoms with E-state index in [1.165, 1.54) is 0 Å². The fourth-order valence-electron chi connectivity index (χ4n) is 3.55. The highest BCUT2D eigenvalue weighted by atomic mass is 32.2. The van der Waals surface area contributed by atoms with Crippen molar-refractivity contribution in [2.75, 3.05) is 0 Å². The van der Waals surface area contributed by atoms with Crippen molar-refractivity contribution in [3.05, 3.63) is 71.4 Å². The van der Waals surface area contributed by atoms with Gasteiger partial charge in [-0.2, -0.15) is 0 Å². The predicted molar refractivity (Wildman–Crippen MR) is 121 cm³/mol. The summed E-state index contributed by atoms with van der Waals surface area (Å²) in [5.41, 5.74) is 1.66. The average molecular weight is 451 g/mol. The Morgan fingerprint density at radius 3 is 2.59 bits per heavy atom. The number of carbonyl (C=O) groups excluding carboxylic acids is 2. The molecule has 0 spiro atoms. The van der Waals surface area contributed by atoms with Crippen molar-refractivity contribution in [1.29, 1.82) is 0 Å². The maximum Gasteiger partial charge on any atom is 0.290 e. The summed E-state index contributed by atoms with van der Waals surface area (Å²) < 4.78 is 7.83. The molecule has 2 heterocycles. The lowest BCUT2D eigenvalue weighted by Crippen LogP contribution is -2.32. The van der Waals surface area contributed by atoms with Gasteiger partial charge in [-0.05, 0) is 55.5 Å². The molecule has 8 heteroatoms. The van der Waals surface area contributed by atoms with Crippen LogP contribution in [-0.4, -0.2) is 38.3 Å². The fraction of sp³-hybridized carbons (Fsp3) is 0.375. The summed E-state index contributed by atoms with van der Waals surface area (Å²) in [5, 5.41) is 3.91. The number of rotatable bonds is 9. The topological polar surface area (TPSA) is 80.4 Å². The zero-order valence-electron chi connectivity index (χ0n) is 18.0. The molecule has 166 valence electrons. The SMILES string of the molecule is Cn1ccnc1SCc1ccc(C(=O)N(Cc2ccc(C(=O)NC3CC3)cc2)C2CC2)o1. The Morgan fingerprint density at radius 1 is 1.16 bits per heavy atom. The summed E-state index contributed by atoms with van der Waals surface area (Å²) in [6.45, 7) is 0.506. The molecule has 5 rings (SSSR count). The molecule has 2 saturated carbocycles. The maximum absolute atomic E-state index is 13.2. The lowest BCUT2D eigenvalue weighted by molar-refractivity contribution is 0.0695.